The average molecular weight is 210 g/mol. The highest BCUT2D eigenvalue weighted by Gasteiger charge is 2.02. The highest BCUT2D eigenvalue weighted by atomic mass is 35.5. The molecule has 0 spiro atoms. The first kappa shape index (κ1) is 10.5. The number of carboxylic acids is 1. The van der Waals surface area contributed by atoms with Crippen LogP contribution in [0.3, 0.4) is 0 Å². The van der Waals surface area contributed by atoms with Crippen molar-refractivity contribution in [2.24, 2.45) is 0 Å². The molecule has 0 bridgehead atoms. The van der Waals surface area contributed by atoms with Crippen molar-refractivity contribution in [2.75, 3.05) is 0 Å². The van der Waals surface area contributed by atoms with Gasteiger partial charge in [0.2, 0.25) is 0 Å². The van der Waals surface area contributed by atoms with E-state index in [0.29, 0.717) is 5.52 Å². The fourth-order valence-corrected chi connectivity index (χ4v) is 1.20. The third-order valence-corrected chi connectivity index (χ3v) is 1.85. The van der Waals surface area contributed by atoms with Crippen LogP contribution in [-0.4, -0.2) is 16.1 Å². The van der Waals surface area contributed by atoms with Gasteiger partial charge in [0.15, 0.2) is 0 Å². The molecule has 0 saturated heterocycles. The number of hydrogen-bond acceptors (Lipinski definition) is 2. The Morgan fingerprint density at radius 1 is 1.29 bits per heavy atom. The van der Waals surface area contributed by atoms with Crippen LogP contribution < -0.4 is 0 Å². The molecule has 0 radical (unpaired) electrons. The number of nitrogens with zero attached hydrogens (tertiary/aromatic N) is 1. The van der Waals surface area contributed by atoms with E-state index in [1.54, 1.807) is 24.4 Å². The lowest BCUT2D eigenvalue weighted by molar-refractivity contribution is 0.0697. The summed E-state index contributed by atoms with van der Waals surface area (Å²) in [6, 6.07) is 8.62. The van der Waals surface area contributed by atoms with Crippen molar-refractivity contribution < 1.29 is 9.90 Å². The zero-order chi connectivity index (χ0) is 9.26. The summed E-state index contributed by atoms with van der Waals surface area (Å²) in [7, 11) is 0. The van der Waals surface area contributed by atoms with Gasteiger partial charge < -0.3 is 5.11 Å². The topological polar surface area (TPSA) is 50.2 Å². The van der Waals surface area contributed by atoms with Crippen LogP contribution in [0.4, 0.5) is 0 Å². The number of pyridine rings is 1. The summed E-state index contributed by atoms with van der Waals surface area (Å²) >= 11 is 0. The number of hydrogen-bond donors (Lipinski definition) is 1. The molecule has 0 aliphatic rings. The van der Waals surface area contributed by atoms with Crippen molar-refractivity contribution in [3.05, 3.63) is 42.1 Å². The standard InChI is InChI=1S/C10H7NO2.ClH/c12-10(13)8-4-3-7-2-1-5-11-9(7)6-8;/h1-6H,(H,12,13);1H. The Balaban J connectivity index is 0.000000980. The summed E-state index contributed by atoms with van der Waals surface area (Å²) in [4.78, 5) is 14.7. The van der Waals surface area contributed by atoms with Gasteiger partial charge in [-0.05, 0) is 18.2 Å². The number of aromatic nitrogens is 1. The molecule has 0 atom stereocenters. The Morgan fingerprint density at radius 3 is 2.79 bits per heavy atom. The molecule has 1 heterocycles. The van der Waals surface area contributed by atoms with Crippen molar-refractivity contribution in [3.8, 4) is 0 Å². The number of fused-ring (bicyclic) bond motifs is 1. The van der Waals surface area contributed by atoms with E-state index in [4.69, 9.17) is 5.11 Å². The van der Waals surface area contributed by atoms with Gasteiger partial charge in [-0.15, -0.1) is 12.4 Å². The molecule has 4 heteroatoms. The van der Waals surface area contributed by atoms with Crippen molar-refractivity contribution in [2.45, 2.75) is 0 Å². The smallest absolute Gasteiger partial charge is 0.335 e. The largest absolute Gasteiger partial charge is 0.478 e. The van der Waals surface area contributed by atoms with E-state index < -0.39 is 5.97 Å². The van der Waals surface area contributed by atoms with Gasteiger partial charge in [-0.25, -0.2) is 4.79 Å². The number of halogens is 1. The zero-order valence-corrected chi connectivity index (χ0v) is 7.99. The summed E-state index contributed by atoms with van der Waals surface area (Å²) in [6.45, 7) is 0. The second kappa shape index (κ2) is 4.07. The number of carbonyl (C=O) groups is 1. The second-order valence-electron chi connectivity index (χ2n) is 2.72. The van der Waals surface area contributed by atoms with Crippen molar-refractivity contribution >= 4 is 29.3 Å². The summed E-state index contributed by atoms with van der Waals surface area (Å²) in [5.74, 6) is -0.924. The van der Waals surface area contributed by atoms with Crippen LogP contribution in [0.1, 0.15) is 10.4 Å². The van der Waals surface area contributed by atoms with Crippen LogP contribution >= 0.6 is 12.4 Å². The summed E-state index contributed by atoms with van der Waals surface area (Å²) in [5, 5.41) is 9.67. The average Bonchev–Trinajstić information content (AvgIpc) is 2.17. The van der Waals surface area contributed by atoms with Crippen LogP contribution in [-0.2, 0) is 0 Å². The molecule has 2 aromatic rings. The summed E-state index contributed by atoms with van der Waals surface area (Å²) in [6.07, 6.45) is 1.65. The molecule has 1 aromatic heterocycles. The zero-order valence-electron chi connectivity index (χ0n) is 7.18. The molecule has 72 valence electrons. The first-order chi connectivity index (χ1) is 6.27. The minimum absolute atomic E-state index is 0. The predicted octanol–water partition coefficient (Wildman–Crippen LogP) is 2.35. The van der Waals surface area contributed by atoms with Gasteiger partial charge in [-0.1, -0.05) is 12.1 Å². The van der Waals surface area contributed by atoms with Gasteiger partial charge in [0.05, 0.1) is 11.1 Å². The van der Waals surface area contributed by atoms with Gasteiger partial charge in [0.25, 0.3) is 0 Å². The van der Waals surface area contributed by atoms with E-state index in [1.165, 1.54) is 0 Å². The third-order valence-electron chi connectivity index (χ3n) is 1.85. The van der Waals surface area contributed by atoms with E-state index in [9.17, 15) is 4.79 Å². The Hall–Kier alpha value is -1.61. The fraction of sp³-hybridized carbons (Fsp3) is 0. The van der Waals surface area contributed by atoms with Crippen molar-refractivity contribution in [1.82, 2.24) is 4.98 Å². The Morgan fingerprint density at radius 2 is 2.07 bits per heavy atom. The molecular formula is C10H8ClNO2. The molecule has 2 rings (SSSR count). The maximum absolute atomic E-state index is 10.6. The maximum Gasteiger partial charge on any atom is 0.335 e. The SMILES string of the molecule is Cl.O=C(O)c1ccc2cccnc2c1. The summed E-state index contributed by atoms with van der Waals surface area (Å²) < 4.78 is 0. The Labute approximate surface area is 86.8 Å². The van der Waals surface area contributed by atoms with E-state index in [0.717, 1.165) is 5.39 Å². The fourth-order valence-electron chi connectivity index (χ4n) is 1.20. The lowest BCUT2D eigenvalue weighted by atomic mass is 10.1. The lowest BCUT2D eigenvalue weighted by Crippen LogP contribution is -1.95. The minimum atomic E-state index is -0.924. The van der Waals surface area contributed by atoms with E-state index >= 15 is 0 Å². The second-order valence-corrected chi connectivity index (χ2v) is 2.72. The normalized spacial score (nSPS) is 9.43. The van der Waals surface area contributed by atoms with Crippen molar-refractivity contribution in [3.63, 3.8) is 0 Å². The number of aromatic carboxylic acids is 1. The predicted molar refractivity (Wildman–Crippen MR) is 56.0 cm³/mol. The van der Waals surface area contributed by atoms with Gasteiger partial charge in [0, 0.05) is 11.6 Å². The highest BCUT2D eigenvalue weighted by molar-refractivity contribution is 5.92. The molecule has 0 amide bonds. The molecule has 0 fully saturated rings. The minimum Gasteiger partial charge on any atom is -0.478 e. The van der Waals surface area contributed by atoms with Crippen molar-refractivity contribution in [1.29, 1.82) is 0 Å². The Bertz CT molecular complexity index is 470. The monoisotopic (exact) mass is 209 g/mol. The molecule has 0 unspecified atom stereocenters. The van der Waals surface area contributed by atoms with Crippen LogP contribution in [0.15, 0.2) is 36.5 Å². The molecule has 1 aromatic carbocycles. The Kier molecular flexibility index (Phi) is 3.04. The molecular weight excluding hydrogens is 202 g/mol. The lowest BCUT2D eigenvalue weighted by Gasteiger charge is -1.97. The van der Waals surface area contributed by atoms with E-state index in [1.807, 2.05) is 12.1 Å². The van der Waals surface area contributed by atoms with Crippen LogP contribution in [0.2, 0.25) is 0 Å². The van der Waals surface area contributed by atoms with Gasteiger partial charge >= 0.3 is 5.97 Å². The molecule has 0 aliphatic heterocycles. The molecule has 14 heavy (non-hydrogen) atoms. The quantitative estimate of drug-likeness (QED) is 0.785. The third kappa shape index (κ3) is 1.83. The van der Waals surface area contributed by atoms with Gasteiger partial charge in [0.1, 0.15) is 0 Å². The maximum atomic E-state index is 10.6. The van der Waals surface area contributed by atoms with Crippen LogP contribution in [0.5, 0.6) is 0 Å². The summed E-state index contributed by atoms with van der Waals surface area (Å²) in [5.41, 5.74) is 0.980. The number of benzene rings is 1. The highest BCUT2D eigenvalue weighted by Crippen LogP contribution is 2.12. The first-order valence-electron chi connectivity index (χ1n) is 3.85. The molecule has 1 N–H and O–H groups in total. The van der Waals surface area contributed by atoms with Gasteiger partial charge in [-0.2, -0.15) is 0 Å². The van der Waals surface area contributed by atoms with Crippen LogP contribution in [0.25, 0.3) is 10.9 Å². The molecule has 3 nitrogen and oxygen atoms in total. The van der Waals surface area contributed by atoms with E-state index in [-0.39, 0.29) is 18.0 Å². The van der Waals surface area contributed by atoms with E-state index in [2.05, 4.69) is 4.98 Å². The molecule has 0 aliphatic carbocycles. The number of rotatable bonds is 1. The molecule has 0 saturated carbocycles. The van der Waals surface area contributed by atoms with Crippen LogP contribution in [0, 0.1) is 0 Å². The number of carboxylic acid groups (broad SMARTS) is 1. The first-order valence-corrected chi connectivity index (χ1v) is 3.85. The van der Waals surface area contributed by atoms with Gasteiger partial charge in [-0.3, -0.25) is 4.98 Å².